The van der Waals surface area contributed by atoms with E-state index < -0.39 is 6.29 Å². The third-order valence-corrected chi connectivity index (χ3v) is 3.79. The van der Waals surface area contributed by atoms with Crippen molar-refractivity contribution in [1.29, 1.82) is 0 Å². The molecule has 0 aliphatic heterocycles. The average Bonchev–Trinajstić information content (AvgIpc) is 2.87. The van der Waals surface area contributed by atoms with Crippen LogP contribution in [0.2, 0.25) is 0 Å². The van der Waals surface area contributed by atoms with E-state index in [1.165, 1.54) is 6.20 Å². The minimum Gasteiger partial charge on any atom is -0.364 e. The number of aryl methyl sites for hydroxylation is 2. The van der Waals surface area contributed by atoms with Gasteiger partial charge in [0, 0.05) is 23.7 Å². The van der Waals surface area contributed by atoms with Crippen LogP contribution in [0.4, 0.5) is 11.5 Å². The lowest BCUT2D eigenvalue weighted by atomic mass is 10.1. The second-order valence-electron chi connectivity index (χ2n) is 5.50. The first kappa shape index (κ1) is 15.5. The summed E-state index contributed by atoms with van der Waals surface area (Å²) in [6.07, 6.45) is 2.51. The number of hydrogen-bond acceptors (Lipinski definition) is 5. The summed E-state index contributed by atoms with van der Waals surface area (Å²) in [7, 11) is 0. The Balaban J connectivity index is 2.09. The monoisotopic (exact) mass is 312 g/mol. The predicted molar refractivity (Wildman–Crippen MR) is 89.5 cm³/mol. The fourth-order valence-corrected chi connectivity index (χ4v) is 2.75. The molecule has 3 aromatic rings. The second-order valence-corrected chi connectivity index (χ2v) is 5.50. The molecule has 0 radical (unpaired) electrons. The van der Waals surface area contributed by atoms with Gasteiger partial charge in [0.05, 0.1) is 17.4 Å². The molecule has 23 heavy (non-hydrogen) atoms. The van der Waals surface area contributed by atoms with E-state index in [-0.39, 0.29) is 0 Å². The number of aliphatic hydroxyl groups is 2. The molecule has 0 spiro atoms. The van der Waals surface area contributed by atoms with Gasteiger partial charge in [-0.15, -0.1) is 0 Å². The Bertz CT molecular complexity index is 827. The average molecular weight is 312 g/mol. The Morgan fingerprint density at radius 3 is 2.83 bits per heavy atom. The first-order valence-corrected chi connectivity index (χ1v) is 7.65. The number of nitrogens with one attached hydrogen (secondary N) is 1. The lowest BCUT2D eigenvalue weighted by molar-refractivity contribution is -0.0419. The Hall–Kier alpha value is -2.44. The zero-order chi connectivity index (χ0) is 16.4. The highest BCUT2D eigenvalue weighted by atomic mass is 16.5. The van der Waals surface area contributed by atoms with Crippen LogP contribution in [-0.2, 0) is 6.54 Å². The highest BCUT2D eigenvalue weighted by molar-refractivity contribution is 5.94. The van der Waals surface area contributed by atoms with Crippen LogP contribution in [0.1, 0.15) is 30.8 Å². The Labute approximate surface area is 134 Å². The minimum absolute atomic E-state index is 0.367. The predicted octanol–water partition coefficient (Wildman–Crippen LogP) is 2.88. The molecule has 2 aromatic heterocycles. The molecule has 1 aromatic carbocycles. The van der Waals surface area contributed by atoms with Crippen molar-refractivity contribution in [2.24, 2.45) is 0 Å². The number of para-hydroxylation sites is 1. The molecule has 0 aliphatic carbocycles. The van der Waals surface area contributed by atoms with Gasteiger partial charge in [-0.1, -0.05) is 19.1 Å². The number of rotatable bonds is 5. The molecule has 0 fully saturated rings. The fraction of sp³-hybridized carbons (Fsp3) is 0.294. The molecule has 0 atom stereocenters. The van der Waals surface area contributed by atoms with Crippen LogP contribution in [0.15, 0.2) is 36.7 Å². The van der Waals surface area contributed by atoms with Crippen molar-refractivity contribution in [3.8, 4) is 0 Å². The number of anilines is 2. The van der Waals surface area contributed by atoms with Gasteiger partial charge in [0.25, 0.3) is 0 Å². The van der Waals surface area contributed by atoms with Crippen LogP contribution < -0.4 is 5.32 Å². The maximum absolute atomic E-state index is 9.49. The van der Waals surface area contributed by atoms with E-state index in [0.29, 0.717) is 17.1 Å². The van der Waals surface area contributed by atoms with Crippen LogP contribution in [0, 0.1) is 6.92 Å². The third-order valence-electron chi connectivity index (χ3n) is 3.79. The fourth-order valence-electron chi connectivity index (χ4n) is 2.75. The second kappa shape index (κ2) is 6.36. The van der Waals surface area contributed by atoms with E-state index in [1.807, 2.05) is 16.8 Å². The van der Waals surface area contributed by atoms with Gasteiger partial charge in [-0.25, -0.2) is 0 Å². The Kier molecular flexibility index (Phi) is 4.27. The summed E-state index contributed by atoms with van der Waals surface area (Å²) in [5, 5.41) is 27.8. The van der Waals surface area contributed by atoms with Gasteiger partial charge in [-0.05, 0) is 31.0 Å². The summed E-state index contributed by atoms with van der Waals surface area (Å²) in [6, 6.07) is 7.64. The molecular weight excluding hydrogens is 292 g/mol. The van der Waals surface area contributed by atoms with Crippen LogP contribution in [0.5, 0.6) is 0 Å². The minimum atomic E-state index is -1.56. The van der Waals surface area contributed by atoms with Crippen molar-refractivity contribution in [3.05, 3.63) is 47.8 Å². The number of hydrogen-bond donors (Lipinski definition) is 3. The zero-order valence-electron chi connectivity index (χ0n) is 13.2. The number of aromatic nitrogens is 3. The first-order valence-electron chi connectivity index (χ1n) is 7.65. The number of nitrogens with zero attached hydrogens (tertiary/aromatic N) is 3. The van der Waals surface area contributed by atoms with Gasteiger partial charge in [-0.2, -0.15) is 5.10 Å². The maximum Gasteiger partial charge on any atom is 0.180 e. The molecule has 6 nitrogen and oxygen atoms in total. The van der Waals surface area contributed by atoms with Crippen molar-refractivity contribution in [2.45, 2.75) is 33.1 Å². The standard InChI is InChI=1S/C17H20N4O2/c1-3-9-21-15-11(2)5-4-6-13(15)16(20-21)19-14-10-18-8-7-12(14)17(22)23/h4-8,10,17,22-23H,3,9H2,1-2H3,(H,19,20). The van der Waals surface area contributed by atoms with E-state index in [2.05, 4.69) is 35.3 Å². The molecule has 0 bridgehead atoms. The van der Waals surface area contributed by atoms with Crippen molar-refractivity contribution in [3.63, 3.8) is 0 Å². The summed E-state index contributed by atoms with van der Waals surface area (Å²) in [6.45, 7) is 5.00. The van der Waals surface area contributed by atoms with E-state index in [0.717, 1.165) is 29.4 Å². The summed E-state index contributed by atoms with van der Waals surface area (Å²) < 4.78 is 1.98. The molecule has 0 aliphatic rings. The van der Waals surface area contributed by atoms with Crippen LogP contribution in [0.25, 0.3) is 10.9 Å². The summed E-state index contributed by atoms with van der Waals surface area (Å²) in [5.74, 6) is 0.687. The zero-order valence-corrected chi connectivity index (χ0v) is 13.2. The Morgan fingerprint density at radius 1 is 1.26 bits per heavy atom. The van der Waals surface area contributed by atoms with Gasteiger partial charge >= 0.3 is 0 Å². The van der Waals surface area contributed by atoms with Gasteiger partial charge in [-0.3, -0.25) is 9.67 Å². The van der Waals surface area contributed by atoms with Gasteiger partial charge in [0.2, 0.25) is 0 Å². The van der Waals surface area contributed by atoms with Crippen molar-refractivity contribution < 1.29 is 10.2 Å². The lowest BCUT2D eigenvalue weighted by Crippen LogP contribution is -2.03. The summed E-state index contributed by atoms with van der Waals surface area (Å²) in [4.78, 5) is 4.05. The van der Waals surface area contributed by atoms with Crippen molar-refractivity contribution in [2.75, 3.05) is 5.32 Å². The quantitative estimate of drug-likeness (QED) is 0.631. The number of benzene rings is 1. The molecule has 3 rings (SSSR count). The molecule has 0 unspecified atom stereocenters. The molecule has 3 N–H and O–H groups in total. The van der Waals surface area contributed by atoms with Gasteiger partial charge in [0.15, 0.2) is 12.1 Å². The van der Waals surface area contributed by atoms with E-state index >= 15 is 0 Å². The number of aliphatic hydroxyl groups excluding tert-OH is 1. The van der Waals surface area contributed by atoms with Crippen LogP contribution >= 0.6 is 0 Å². The van der Waals surface area contributed by atoms with Crippen LogP contribution in [-0.4, -0.2) is 25.0 Å². The first-order chi connectivity index (χ1) is 11.1. The highest BCUT2D eigenvalue weighted by Gasteiger charge is 2.15. The summed E-state index contributed by atoms with van der Waals surface area (Å²) >= 11 is 0. The van der Waals surface area contributed by atoms with Crippen molar-refractivity contribution >= 4 is 22.4 Å². The Morgan fingerprint density at radius 2 is 2.09 bits per heavy atom. The molecule has 120 valence electrons. The molecule has 2 heterocycles. The maximum atomic E-state index is 9.49. The normalized spacial score (nSPS) is 11.3. The van der Waals surface area contributed by atoms with Gasteiger partial charge in [0.1, 0.15) is 0 Å². The molecule has 0 saturated carbocycles. The SMILES string of the molecule is CCCn1nc(Nc2cnccc2C(O)O)c2cccc(C)c21. The third kappa shape index (κ3) is 2.91. The molecule has 6 heteroatoms. The van der Waals surface area contributed by atoms with Gasteiger partial charge < -0.3 is 15.5 Å². The smallest absolute Gasteiger partial charge is 0.180 e. The topological polar surface area (TPSA) is 83.2 Å². The van der Waals surface area contributed by atoms with Crippen molar-refractivity contribution in [1.82, 2.24) is 14.8 Å². The lowest BCUT2D eigenvalue weighted by Gasteiger charge is -2.11. The molecule has 0 saturated heterocycles. The van der Waals surface area contributed by atoms with Crippen LogP contribution in [0.3, 0.4) is 0 Å². The highest BCUT2D eigenvalue weighted by Crippen LogP contribution is 2.30. The largest absolute Gasteiger partial charge is 0.364 e. The van der Waals surface area contributed by atoms with E-state index in [4.69, 9.17) is 0 Å². The van der Waals surface area contributed by atoms with E-state index in [9.17, 15) is 10.2 Å². The molecule has 0 amide bonds. The number of fused-ring (bicyclic) bond motifs is 1. The molecular formula is C17H20N4O2. The number of pyridine rings is 1. The van der Waals surface area contributed by atoms with E-state index in [1.54, 1.807) is 12.3 Å². The summed E-state index contributed by atoms with van der Waals surface area (Å²) in [5.41, 5.74) is 3.15.